The molecule has 2 nitrogen and oxygen atoms in total. The van der Waals surface area contributed by atoms with Gasteiger partial charge in [-0.1, -0.05) is 6.92 Å². The van der Waals surface area contributed by atoms with Crippen LogP contribution in [0, 0.1) is 0 Å². The lowest BCUT2D eigenvalue weighted by atomic mass is 10.4. The molecule has 0 aliphatic carbocycles. The van der Waals surface area contributed by atoms with Gasteiger partial charge < -0.3 is 0 Å². The number of rotatable bonds is 2. The van der Waals surface area contributed by atoms with Crippen molar-refractivity contribution in [2.24, 2.45) is 0 Å². The Morgan fingerprint density at radius 1 is 1.62 bits per heavy atom. The maximum absolute atomic E-state index is 10.3. The molecule has 0 fully saturated rings. The maximum Gasteiger partial charge on any atom is 0.235 e. The van der Waals surface area contributed by atoms with Crippen LogP contribution < -0.4 is 0 Å². The van der Waals surface area contributed by atoms with Crippen molar-refractivity contribution in [3.05, 3.63) is 0 Å². The van der Waals surface area contributed by atoms with E-state index in [0.717, 1.165) is 0 Å². The summed E-state index contributed by atoms with van der Waals surface area (Å²) in [5.41, 5.74) is 0. The Balaban J connectivity index is 4.04. The van der Waals surface area contributed by atoms with Gasteiger partial charge in [-0.15, -0.1) is 0 Å². The smallest absolute Gasteiger partial charge is 0.212 e. The van der Waals surface area contributed by atoms with Gasteiger partial charge in [0.05, 0.1) is 5.25 Å². The van der Waals surface area contributed by atoms with Crippen LogP contribution in [0.15, 0.2) is 0 Å². The second-order valence-electron chi connectivity index (χ2n) is 1.69. The highest BCUT2D eigenvalue weighted by molar-refractivity contribution is 8.14. The van der Waals surface area contributed by atoms with E-state index in [2.05, 4.69) is 0 Å². The van der Waals surface area contributed by atoms with Crippen LogP contribution in [0.3, 0.4) is 0 Å². The van der Waals surface area contributed by atoms with E-state index in [-0.39, 0.29) is 0 Å². The molecule has 0 amide bonds. The van der Waals surface area contributed by atoms with Crippen LogP contribution in [0.1, 0.15) is 20.3 Å². The van der Waals surface area contributed by atoms with E-state index in [0.29, 0.717) is 6.42 Å². The molecule has 1 atom stereocenters. The third-order valence-corrected chi connectivity index (χ3v) is 3.26. The molecule has 0 N–H and O–H groups in total. The molecule has 0 spiro atoms. The van der Waals surface area contributed by atoms with Crippen molar-refractivity contribution in [3.8, 4) is 0 Å². The highest BCUT2D eigenvalue weighted by Crippen LogP contribution is 2.08. The van der Waals surface area contributed by atoms with Gasteiger partial charge in [-0.25, -0.2) is 8.42 Å². The first-order valence-corrected chi connectivity index (χ1v) is 4.79. The van der Waals surface area contributed by atoms with Crippen molar-refractivity contribution in [1.29, 1.82) is 0 Å². The highest BCUT2D eigenvalue weighted by atomic mass is 35.7. The molecule has 0 heterocycles. The van der Waals surface area contributed by atoms with Crippen molar-refractivity contribution in [2.75, 3.05) is 0 Å². The molecule has 0 aromatic carbocycles. The summed E-state index contributed by atoms with van der Waals surface area (Å²) in [6.07, 6.45) is 0.575. The minimum atomic E-state index is -3.28. The molecular formula is C4H9ClO2S. The van der Waals surface area contributed by atoms with Gasteiger partial charge in [0.1, 0.15) is 0 Å². The molecule has 0 radical (unpaired) electrons. The fourth-order valence-electron chi connectivity index (χ4n) is 0.199. The van der Waals surface area contributed by atoms with Gasteiger partial charge in [0.2, 0.25) is 9.05 Å². The molecule has 0 bridgehead atoms. The van der Waals surface area contributed by atoms with Gasteiger partial charge in [-0.3, -0.25) is 0 Å². The van der Waals surface area contributed by atoms with Crippen LogP contribution in [0.2, 0.25) is 0 Å². The van der Waals surface area contributed by atoms with Crippen LogP contribution in [0.4, 0.5) is 0 Å². The van der Waals surface area contributed by atoms with E-state index in [1.807, 2.05) is 0 Å². The summed E-state index contributed by atoms with van der Waals surface area (Å²) in [7, 11) is 1.68. The number of halogens is 1. The first-order chi connectivity index (χ1) is 3.48. The van der Waals surface area contributed by atoms with E-state index in [4.69, 9.17) is 10.7 Å². The Labute approximate surface area is 54.3 Å². The van der Waals surface area contributed by atoms with Crippen LogP contribution in [-0.4, -0.2) is 13.7 Å². The van der Waals surface area contributed by atoms with Crippen LogP contribution in [-0.2, 0) is 9.05 Å². The first-order valence-electron chi connectivity index (χ1n) is 2.42. The predicted octanol–water partition coefficient (Wildman–Crippen LogP) is 1.35. The quantitative estimate of drug-likeness (QED) is 0.566. The average Bonchev–Trinajstić information content (AvgIpc) is 1.62. The Kier molecular flexibility index (Phi) is 2.77. The average molecular weight is 157 g/mol. The van der Waals surface area contributed by atoms with E-state index in [1.54, 1.807) is 13.8 Å². The lowest BCUT2D eigenvalue weighted by Crippen LogP contribution is -2.08. The minimum absolute atomic E-state index is 0.413. The zero-order valence-corrected chi connectivity index (χ0v) is 6.46. The summed E-state index contributed by atoms with van der Waals surface area (Å²) in [6, 6.07) is 0. The van der Waals surface area contributed by atoms with Gasteiger partial charge in [0, 0.05) is 10.7 Å². The van der Waals surface area contributed by atoms with Crippen molar-refractivity contribution in [3.63, 3.8) is 0 Å². The summed E-state index contributed by atoms with van der Waals surface area (Å²) in [5.74, 6) is 0. The molecule has 50 valence electrons. The summed E-state index contributed by atoms with van der Waals surface area (Å²) >= 11 is 0. The van der Waals surface area contributed by atoms with Gasteiger partial charge >= 0.3 is 0 Å². The highest BCUT2D eigenvalue weighted by Gasteiger charge is 2.13. The standard InChI is InChI=1S/C4H9ClO2S/c1-3-4(2)8(5,6)7/h4H,3H2,1-2H3/t4-/m0/s1. The van der Waals surface area contributed by atoms with E-state index in [1.165, 1.54) is 0 Å². The topological polar surface area (TPSA) is 34.1 Å². The molecule has 0 aliphatic heterocycles. The first kappa shape index (κ1) is 8.24. The molecule has 0 unspecified atom stereocenters. The van der Waals surface area contributed by atoms with Crippen molar-refractivity contribution in [1.82, 2.24) is 0 Å². The molecule has 8 heavy (non-hydrogen) atoms. The second-order valence-corrected chi connectivity index (χ2v) is 4.74. The SMILES string of the molecule is CC[C@H](C)S(=O)(=O)Cl. The van der Waals surface area contributed by atoms with Crippen LogP contribution in [0.25, 0.3) is 0 Å². The van der Waals surface area contributed by atoms with E-state index >= 15 is 0 Å². The fourth-order valence-corrected chi connectivity index (χ4v) is 0.975. The zero-order valence-electron chi connectivity index (χ0n) is 4.89. The lowest BCUT2D eigenvalue weighted by molar-refractivity contribution is 0.595. The molecular weight excluding hydrogens is 148 g/mol. The van der Waals surface area contributed by atoms with Crippen molar-refractivity contribution >= 4 is 19.7 Å². The summed E-state index contributed by atoms with van der Waals surface area (Å²) in [6.45, 7) is 3.37. The monoisotopic (exact) mass is 156 g/mol. The maximum atomic E-state index is 10.3. The Bertz CT molecular complexity index is 149. The van der Waals surface area contributed by atoms with Gasteiger partial charge in [0.15, 0.2) is 0 Å². The Hall–Kier alpha value is 0.240. The second kappa shape index (κ2) is 2.69. The normalized spacial score (nSPS) is 15.9. The largest absolute Gasteiger partial charge is 0.235 e. The van der Waals surface area contributed by atoms with Gasteiger partial charge in [-0.05, 0) is 13.3 Å². The predicted molar refractivity (Wildman–Crippen MR) is 34.5 cm³/mol. The van der Waals surface area contributed by atoms with E-state index in [9.17, 15) is 8.42 Å². The third-order valence-electron chi connectivity index (χ3n) is 1.06. The van der Waals surface area contributed by atoms with Crippen LogP contribution >= 0.6 is 10.7 Å². The summed E-state index contributed by atoms with van der Waals surface area (Å²) in [4.78, 5) is 0. The van der Waals surface area contributed by atoms with Crippen LogP contribution in [0.5, 0.6) is 0 Å². The zero-order chi connectivity index (χ0) is 6.78. The minimum Gasteiger partial charge on any atom is -0.212 e. The molecule has 0 aliphatic rings. The molecule has 0 rings (SSSR count). The van der Waals surface area contributed by atoms with Gasteiger partial charge in [0.25, 0.3) is 0 Å². The summed E-state index contributed by atoms with van der Waals surface area (Å²) < 4.78 is 20.7. The molecule has 0 saturated heterocycles. The van der Waals surface area contributed by atoms with E-state index < -0.39 is 14.3 Å². The van der Waals surface area contributed by atoms with Crippen molar-refractivity contribution in [2.45, 2.75) is 25.5 Å². The Morgan fingerprint density at radius 2 is 2.00 bits per heavy atom. The summed E-state index contributed by atoms with van der Waals surface area (Å²) in [5, 5.41) is -0.413. The Morgan fingerprint density at radius 3 is 2.00 bits per heavy atom. The molecule has 4 heteroatoms. The molecule has 0 aromatic heterocycles. The number of hydrogen-bond acceptors (Lipinski definition) is 2. The number of hydrogen-bond donors (Lipinski definition) is 0. The van der Waals surface area contributed by atoms with Crippen molar-refractivity contribution < 1.29 is 8.42 Å². The lowest BCUT2D eigenvalue weighted by Gasteiger charge is -1.99. The third kappa shape index (κ3) is 2.52. The molecule has 0 saturated carbocycles. The fraction of sp³-hybridized carbons (Fsp3) is 1.00. The van der Waals surface area contributed by atoms with Gasteiger partial charge in [-0.2, -0.15) is 0 Å². The molecule has 0 aromatic rings.